The van der Waals surface area contributed by atoms with E-state index >= 15 is 0 Å². The predicted molar refractivity (Wildman–Crippen MR) is 67.8 cm³/mol. The summed E-state index contributed by atoms with van der Waals surface area (Å²) < 4.78 is 0. The monoisotopic (exact) mass is 271 g/mol. The number of nitrogens with one attached hydrogen (secondary N) is 1. The zero-order chi connectivity index (χ0) is 12.3. The van der Waals surface area contributed by atoms with Crippen molar-refractivity contribution in [2.45, 2.75) is 29.4 Å². The third-order valence-corrected chi connectivity index (χ3v) is 4.84. The SMILES string of the molecule is O=C1CC(Sc2csc(C(=O)O)c2)CCCN1. The lowest BCUT2D eigenvalue weighted by molar-refractivity contribution is -0.120. The van der Waals surface area contributed by atoms with Gasteiger partial charge in [0.15, 0.2) is 0 Å². The Hall–Kier alpha value is -1.01. The molecule has 0 spiro atoms. The number of carbonyl (C=O) groups excluding carboxylic acids is 1. The molecule has 0 saturated carbocycles. The van der Waals surface area contributed by atoms with Crippen molar-refractivity contribution in [3.8, 4) is 0 Å². The fourth-order valence-corrected chi connectivity index (χ4v) is 3.86. The highest BCUT2D eigenvalue weighted by Crippen LogP contribution is 2.32. The average molecular weight is 271 g/mol. The van der Waals surface area contributed by atoms with Crippen molar-refractivity contribution in [1.29, 1.82) is 0 Å². The number of amides is 1. The van der Waals surface area contributed by atoms with E-state index in [4.69, 9.17) is 5.11 Å². The fourth-order valence-electron chi connectivity index (χ4n) is 1.72. The molecule has 2 heterocycles. The van der Waals surface area contributed by atoms with Gasteiger partial charge in [0.2, 0.25) is 5.91 Å². The number of carboxylic acids is 1. The molecule has 0 aliphatic carbocycles. The maximum Gasteiger partial charge on any atom is 0.345 e. The highest BCUT2D eigenvalue weighted by atomic mass is 32.2. The molecule has 1 aromatic rings. The van der Waals surface area contributed by atoms with Crippen molar-refractivity contribution < 1.29 is 14.7 Å². The summed E-state index contributed by atoms with van der Waals surface area (Å²) in [6.07, 6.45) is 2.49. The lowest BCUT2D eigenvalue weighted by atomic mass is 10.2. The quantitative estimate of drug-likeness (QED) is 0.884. The van der Waals surface area contributed by atoms with E-state index in [-0.39, 0.29) is 11.2 Å². The van der Waals surface area contributed by atoms with Crippen LogP contribution in [0.5, 0.6) is 0 Å². The zero-order valence-electron chi connectivity index (χ0n) is 9.14. The van der Waals surface area contributed by atoms with Gasteiger partial charge in [-0.2, -0.15) is 0 Å². The van der Waals surface area contributed by atoms with Gasteiger partial charge in [-0.25, -0.2) is 4.79 Å². The van der Waals surface area contributed by atoms with Gasteiger partial charge in [0.1, 0.15) is 4.88 Å². The van der Waals surface area contributed by atoms with Crippen molar-refractivity contribution in [1.82, 2.24) is 5.32 Å². The van der Waals surface area contributed by atoms with Gasteiger partial charge in [-0.05, 0) is 18.9 Å². The summed E-state index contributed by atoms with van der Waals surface area (Å²) in [5.41, 5.74) is 0. The minimum absolute atomic E-state index is 0.0914. The van der Waals surface area contributed by atoms with Crippen LogP contribution in [0.15, 0.2) is 16.3 Å². The van der Waals surface area contributed by atoms with Gasteiger partial charge in [0, 0.05) is 28.5 Å². The Morgan fingerprint density at radius 2 is 2.41 bits per heavy atom. The predicted octanol–water partition coefficient (Wildman–Crippen LogP) is 2.21. The molecule has 1 aliphatic rings. The Morgan fingerprint density at radius 3 is 3.12 bits per heavy atom. The van der Waals surface area contributed by atoms with E-state index in [1.165, 1.54) is 11.3 Å². The first-order valence-electron chi connectivity index (χ1n) is 5.40. The number of thiophene rings is 1. The maximum absolute atomic E-state index is 11.4. The Bertz CT molecular complexity index is 430. The van der Waals surface area contributed by atoms with Crippen LogP contribution in [0.3, 0.4) is 0 Å². The number of aromatic carboxylic acids is 1. The molecule has 0 aromatic carbocycles. The first-order valence-corrected chi connectivity index (χ1v) is 7.16. The third kappa shape index (κ3) is 3.47. The van der Waals surface area contributed by atoms with E-state index < -0.39 is 5.97 Å². The fraction of sp³-hybridized carbons (Fsp3) is 0.455. The van der Waals surface area contributed by atoms with Gasteiger partial charge in [0.05, 0.1) is 0 Å². The number of carbonyl (C=O) groups is 2. The molecule has 1 saturated heterocycles. The number of hydrogen-bond donors (Lipinski definition) is 2. The summed E-state index contributed by atoms with van der Waals surface area (Å²) in [4.78, 5) is 23.4. The minimum Gasteiger partial charge on any atom is -0.477 e. The first kappa shape index (κ1) is 12.4. The van der Waals surface area contributed by atoms with Crippen LogP contribution in [0, 0.1) is 0 Å². The van der Waals surface area contributed by atoms with Gasteiger partial charge in [-0.3, -0.25) is 4.79 Å². The standard InChI is InChI=1S/C11H13NO3S2/c13-10-5-7(2-1-3-12-10)17-8-4-9(11(14)15)16-6-8/h4,6-7H,1-3,5H2,(H,12,13)(H,14,15). The van der Waals surface area contributed by atoms with Crippen molar-refractivity contribution in [2.75, 3.05) is 6.54 Å². The van der Waals surface area contributed by atoms with E-state index in [1.807, 2.05) is 5.38 Å². The van der Waals surface area contributed by atoms with Gasteiger partial charge in [-0.1, -0.05) is 0 Å². The molecule has 92 valence electrons. The van der Waals surface area contributed by atoms with E-state index in [2.05, 4.69) is 5.32 Å². The second-order valence-electron chi connectivity index (χ2n) is 3.89. The summed E-state index contributed by atoms with van der Waals surface area (Å²) in [6.45, 7) is 0.750. The number of thioether (sulfide) groups is 1. The normalized spacial score (nSPS) is 20.7. The summed E-state index contributed by atoms with van der Waals surface area (Å²) in [6, 6.07) is 1.68. The van der Waals surface area contributed by atoms with E-state index in [1.54, 1.807) is 17.8 Å². The third-order valence-electron chi connectivity index (χ3n) is 2.53. The molecule has 2 rings (SSSR count). The summed E-state index contributed by atoms with van der Waals surface area (Å²) in [7, 11) is 0. The molecule has 1 fully saturated rings. The smallest absolute Gasteiger partial charge is 0.345 e. The molecule has 1 amide bonds. The molecule has 1 aliphatic heterocycles. The van der Waals surface area contributed by atoms with Crippen molar-refractivity contribution in [3.05, 3.63) is 16.3 Å². The molecular weight excluding hydrogens is 258 g/mol. The van der Waals surface area contributed by atoms with Gasteiger partial charge >= 0.3 is 5.97 Å². The molecule has 2 N–H and O–H groups in total. The number of carboxylic acid groups (broad SMARTS) is 1. The van der Waals surface area contributed by atoms with Crippen LogP contribution in [0.4, 0.5) is 0 Å². The highest BCUT2D eigenvalue weighted by molar-refractivity contribution is 8.00. The first-order chi connectivity index (χ1) is 8.15. The number of rotatable bonds is 3. The molecule has 6 heteroatoms. The molecule has 1 aromatic heterocycles. The van der Waals surface area contributed by atoms with Crippen LogP contribution in [0.2, 0.25) is 0 Å². The van der Waals surface area contributed by atoms with E-state index in [0.29, 0.717) is 11.3 Å². The van der Waals surface area contributed by atoms with Crippen molar-refractivity contribution >= 4 is 35.0 Å². The van der Waals surface area contributed by atoms with Gasteiger partial charge in [-0.15, -0.1) is 23.1 Å². The van der Waals surface area contributed by atoms with Crippen LogP contribution in [0.1, 0.15) is 28.9 Å². The molecule has 17 heavy (non-hydrogen) atoms. The molecule has 0 bridgehead atoms. The van der Waals surface area contributed by atoms with Crippen molar-refractivity contribution in [3.63, 3.8) is 0 Å². The Morgan fingerprint density at radius 1 is 1.59 bits per heavy atom. The largest absolute Gasteiger partial charge is 0.477 e. The molecule has 1 unspecified atom stereocenters. The topological polar surface area (TPSA) is 66.4 Å². The van der Waals surface area contributed by atoms with Crippen LogP contribution in [-0.4, -0.2) is 28.8 Å². The number of hydrogen-bond acceptors (Lipinski definition) is 4. The van der Waals surface area contributed by atoms with Gasteiger partial charge < -0.3 is 10.4 Å². The molecule has 0 radical (unpaired) electrons. The summed E-state index contributed by atoms with van der Waals surface area (Å²) in [5, 5.41) is 13.8. The molecular formula is C11H13NO3S2. The van der Waals surface area contributed by atoms with Crippen LogP contribution >= 0.6 is 23.1 Å². The van der Waals surface area contributed by atoms with Crippen LogP contribution in [0.25, 0.3) is 0 Å². The van der Waals surface area contributed by atoms with E-state index in [0.717, 1.165) is 24.3 Å². The summed E-state index contributed by atoms with van der Waals surface area (Å²) in [5.74, 6) is -0.797. The lowest BCUT2D eigenvalue weighted by Crippen LogP contribution is -2.22. The highest BCUT2D eigenvalue weighted by Gasteiger charge is 2.19. The lowest BCUT2D eigenvalue weighted by Gasteiger charge is -2.10. The molecule has 1 atom stereocenters. The van der Waals surface area contributed by atoms with E-state index in [9.17, 15) is 9.59 Å². The van der Waals surface area contributed by atoms with Crippen LogP contribution < -0.4 is 5.32 Å². The Labute approximate surface area is 107 Å². The second kappa shape index (κ2) is 5.55. The Balaban J connectivity index is 1.98. The van der Waals surface area contributed by atoms with Crippen LogP contribution in [-0.2, 0) is 4.79 Å². The zero-order valence-corrected chi connectivity index (χ0v) is 10.8. The summed E-state index contributed by atoms with van der Waals surface area (Å²) >= 11 is 2.84. The minimum atomic E-state index is -0.888. The Kier molecular flexibility index (Phi) is 4.06. The second-order valence-corrected chi connectivity index (χ2v) is 6.17. The molecule has 4 nitrogen and oxygen atoms in total. The average Bonchev–Trinajstić information content (AvgIpc) is 2.63. The van der Waals surface area contributed by atoms with Crippen molar-refractivity contribution in [2.24, 2.45) is 0 Å². The van der Waals surface area contributed by atoms with Gasteiger partial charge in [0.25, 0.3) is 0 Å². The maximum atomic E-state index is 11.4.